The van der Waals surface area contributed by atoms with Crippen LogP contribution in [-0.2, 0) is 11.2 Å². The predicted octanol–water partition coefficient (Wildman–Crippen LogP) is 3.99. The molecule has 0 spiro atoms. The lowest BCUT2D eigenvalue weighted by atomic mass is 10.0. The Bertz CT molecular complexity index is 1090. The summed E-state index contributed by atoms with van der Waals surface area (Å²) in [6.07, 6.45) is 3.55. The molecule has 1 N–H and O–H groups in total. The maximum absolute atomic E-state index is 13.4. The minimum absolute atomic E-state index is 0.0841. The Kier molecular flexibility index (Phi) is 6.11. The molecule has 1 aliphatic rings. The largest absolute Gasteiger partial charge is 0.342 e. The van der Waals surface area contributed by atoms with E-state index in [9.17, 15) is 14.0 Å². The molecule has 7 heteroatoms. The lowest BCUT2D eigenvalue weighted by Gasteiger charge is -2.33. The van der Waals surface area contributed by atoms with Crippen molar-refractivity contribution in [2.24, 2.45) is 0 Å². The quantitative estimate of drug-likeness (QED) is 0.679. The number of carbonyl (C=O) groups is 2. The molecule has 160 valence electrons. The van der Waals surface area contributed by atoms with Crippen LogP contribution >= 0.6 is 0 Å². The highest BCUT2D eigenvalue weighted by molar-refractivity contribution is 6.03. The summed E-state index contributed by atoms with van der Waals surface area (Å²) in [5.74, 6) is -0.140. The number of likely N-dealkylation sites (tertiary alicyclic amines) is 1. The lowest BCUT2D eigenvalue weighted by Crippen LogP contribution is -2.40. The van der Waals surface area contributed by atoms with E-state index in [1.165, 1.54) is 18.2 Å². The Morgan fingerprint density at radius 3 is 2.61 bits per heavy atom. The summed E-state index contributed by atoms with van der Waals surface area (Å²) in [5, 5.41) is 7.19. The van der Waals surface area contributed by atoms with Crippen molar-refractivity contribution in [3.63, 3.8) is 0 Å². The third-order valence-corrected chi connectivity index (χ3v) is 5.60. The Morgan fingerprint density at radius 1 is 1.10 bits per heavy atom. The summed E-state index contributed by atoms with van der Waals surface area (Å²) in [6.45, 7) is 3.31. The van der Waals surface area contributed by atoms with E-state index < -0.39 is 5.82 Å². The second-order valence-electron chi connectivity index (χ2n) is 7.90. The fourth-order valence-corrected chi connectivity index (χ4v) is 3.99. The average Bonchev–Trinajstić information content (AvgIpc) is 3.22. The zero-order chi connectivity index (χ0) is 21.8. The molecule has 0 radical (unpaired) electrons. The van der Waals surface area contributed by atoms with Crippen molar-refractivity contribution in [2.45, 2.75) is 32.2 Å². The minimum atomic E-state index is -0.455. The molecule has 0 bridgehead atoms. The number of aryl methyl sites for hydroxylation is 1. The van der Waals surface area contributed by atoms with Crippen LogP contribution < -0.4 is 5.32 Å². The van der Waals surface area contributed by atoms with E-state index in [1.54, 1.807) is 23.0 Å². The van der Waals surface area contributed by atoms with Crippen LogP contribution in [0.5, 0.6) is 0 Å². The van der Waals surface area contributed by atoms with Crippen molar-refractivity contribution < 1.29 is 14.0 Å². The molecule has 4 rings (SSSR count). The number of carbonyl (C=O) groups excluding carboxylic acids is 2. The van der Waals surface area contributed by atoms with E-state index in [4.69, 9.17) is 0 Å². The monoisotopic (exact) mass is 420 g/mol. The van der Waals surface area contributed by atoms with E-state index >= 15 is 0 Å². The van der Waals surface area contributed by atoms with Crippen molar-refractivity contribution in [2.75, 3.05) is 18.4 Å². The number of nitrogens with one attached hydrogen (secondary N) is 1. The highest BCUT2D eigenvalue weighted by atomic mass is 19.1. The first-order valence-electron chi connectivity index (χ1n) is 10.4. The van der Waals surface area contributed by atoms with Gasteiger partial charge in [0.25, 0.3) is 5.91 Å². The Morgan fingerprint density at radius 2 is 1.87 bits per heavy atom. The number of halogens is 1. The van der Waals surface area contributed by atoms with Gasteiger partial charge in [-0.1, -0.05) is 35.9 Å². The average molecular weight is 420 g/mol. The summed E-state index contributed by atoms with van der Waals surface area (Å²) in [4.78, 5) is 27.0. The topological polar surface area (TPSA) is 67.2 Å². The Balaban J connectivity index is 1.36. The molecule has 0 unspecified atom stereocenters. The number of nitrogens with zero attached hydrogens (tertiary/aromatic N) is 3. The number of piperidine rings is 1. The van der Waals surface area contributed by atoms with Crippen LogP contribution in [0.2, 0.25) is 0 Å². The summed E-state index contributed by atoms with van der Waals surface area (Å²) < 4.78 is 15.2. The SMILES string of the molecule is Cc1cccc(CC(=O)N2CCC(n3nccc3NC(=O)c3cccc(F)c3)CC2)c1. The second kappa shape index (κ2) is 9.12. The van der Waals surface area contributed by atoms with Gasteiger partial charge in [0.15, 0.2) is 0 Å². The van der Waals surface area contributed by atoms with Gasteiger partial charge in [-0.2, -0.15) is 5.10 Å². The summed E-state index contributed by atoms with van der Waals surface area (Å²) in [6, 6.07) is 15.4. The summed E-state index contributed by atoms with van der Waals surface area (Å²) in [5.41, 5.74) is 2.43. The number of hydrogen-bond donors (Lipinski definition) is 1. The first kappa shape index (κ1) is 20.8. The van der Waals surface area contributed by atoms with Gasteiger partial charge in [-0.15, -0.1) is 0 Å². The molecule has 1 saturated heterocycles. The highest BCUT2D eigenvalue weighted by Crippen LogP contribution is 2.26. The predicted molar refractivity (Wildman–Crippen MR) is 116 cm³/mol. The van der Waals surface area contributed by atoms with Gasteiger partial charge in [-0.25, -0.2) is 9.07 Å². The Hall–Kier alpha value is -3.48. The van der Waals surface area contributed by atoms with Gasteiger partial charge < -0.3 is 10.2 Å². The molecule has 0 saturated carbocycles. The van der Waals surface area contributed by atoms with Gasteiger partial charge in [0, 0.05) is 24.7 Å². The molecule has 1 aromatic heterocycles. The van der Waals surface area contributed by atoms with Gasteiger partial charge in [0.2, 0.25) is 5.91 Å². The van der Waals surface area contributed by atoms with Gasteiger partial charge in [0.1, 0.15) is 11.6 Å². The summed E-state index contributed by atoms with van der Waals surface area (Å²) >= 11 is 0. The zero-order valence-corrected chi connectivity index (χ0v) is 17.4. The number of rotatable bonds is 5. The number of benzene rings is 2. The molecule has 3 aromatic rings. The van der Waals surface area contributed by atoms with Gasteiger partial charge in [0.05, 0.1) is 18.7 Å². The van der Waals surface area contributed by atoms with Gasteiger partial charge in [-0.05, 0) is 43.5 Å². The third kappa shape index (κ3) is 4.99. The molecule has 2 heterocycles. The molecule has 0 aliphatic carbocycles. The Labute approximate surface area is 180 Å². The fourth-order valence-electron chi connectivity index (χ4n) is 3.99. The fraction of sp³-hybridized carbons (Fsp3) is 0.292. The molecule has 2 aromatic carbocycles. The zero-order valence-electron chi connectivity index (χ0n) is 17.4. The smallest absolute Gasteiger partial charge is 0.256 e. The van der Waals surface area contributed by atoms with E-state index in [0.29, 0.717) is 25.3 Å². The van der Waals surface area contributed by atoms with Crippen LogP contribution in [-0.4, -0.2) is 39.6 Å². The van der Waals surface area contributed by atoms with Crippen LogP contribution in [0.4, 0.5) is 10.2 Å². The van der Waals surface area contributed by atoms with E-state index in [1.807, 2.05) is 36.1 Å². The lowest BCUT2D eigenvalue weighted by molar-refractivity contribution is -0.131. The molecule has 1 fully saturated rings. The van der Waals surface area contributed by atoms with Crippen LogP contribution in [0.1, 0.15) is 40.4 Å². The van der Waals surface area contributed by atoms with E-state index in [2.05, 4.69) is 10.4 Å². The third-order valence-electron chi connectivity index (χ3n) is 5.60. The number of amides is 2. The summed E-state index contributed by atoms with van der Waals surface area (Å²) in [7, 11) is 0. The van der Waals surface area contributed by atoms with Crippen molar-refractivity contribution >= 4 is 17.6 Å². The molecular weight excluding hydrogens is 395 g/mol. The van der Waals surface area contributed by atoms with E-state index in [-0.39, 0.29) is 23.4 Å². The van der Waals surface area contributed by atoms with E-state index in [0.717, 1.165) is 24.0 Å². The maximum Gasteiger partial charge on any atom is 0.256 e. The number of hydrogen-bond acceptors (Lipinski definition) is 3. The maximum atomic E-state index is 13.4. The van der Waals surface area contributed by atoms with Gasteiger partial charge >= 0.3 is 0 Å². The van der Waals surface area contributed by atoms with Crippen LogP contribution in [0.3, 0.4) is 0 Å². The number of aromatic nitrogens is 2. The molecule has 6 nitrogen and oxygen atoms in total. The van der Waals surface area contributed by atoms with Crippen molar-refractivity contribution in [1.82, 2.24) is 14.7 Å². The molecular formula is C24H25FN4O2. The number of anilines is 1. The normalized spacial score (nSPS) is 14.5. The standard InChI is InChI=1S/C24H25FN4O2/c1-17-4-2-5-18(14-17)15-23(30)28-12-9-21(10-13-28)29-22(8-11-26-29)27-24(31)19-6-3-7-20(25)16-19/h2-8,11,14,16,21H,9-10,12-13,15H2,1H3,(H,27,31). The van der Waals surface area contributed by atoms with Crippen LogP contribution in [0, 0.1) is 12.7 Å². The van der Waals surface area contributed by atoms with Crippen molar-refractivity contribution in [3.05, 3.63) is 83.3 Å². The molecule has 2 amide bonds. The minimum Gasteiger partial charge on any atom is -0.342 e. The second-order valence-corrected chi connectivity index (χ2v) is 7.90. The highest BCUT2D eigenvalue weighted by Gasteiger charge is 2.26. The first-order valence-corrected chi connectivity index (χ1v) is 10.4. The van der Waals surface area contributed by atoms with Crippen molar-refractivity contribution in [1.29, 1.82) is 0 Å². The van der Waals surface area contributed by atoms with Gasteiger partial charge in [-0.3, -0.25) is 9.59 Å². The molecule has 1 aliphatic heterocycles. The van der Waals surface area contributed by atoms with Crippen LogP contribution in [0.25, 0.3) is 0 Å². The van der Waals surface area contributed by atoms with Crippen molar-refractivity contribution in [3.8, 4) is 0 Å². The molecule has 0 atom stereocenters. The van der Waals surface area contributed by atoms with Crippen LogP contribution in [0.15, 0.2) is 60.8 Å². The first-order chi connectivity index (χ1) is 15.0. The molecule has 31 heavy (non-hydrogen) atoms.